The van der Waals surface area contributed by atoms with Gasteiger partial charge in [0.05, 0.1) is 6.54 Å². The van der Waals surface area contributed by atoms with E-state index in [0.29, 0.717) is 19.1 Å². The lowest BCUT2D eigenvalue weighted by Crippen LogP contribution is -2.34. The Labute approximate surface area is 135 Å². The van der Waals surface area contributed by atoms with Gasteiger partial charge in [0.15, 0.2) is 17.5 Å². The lowest BCUT2D eigenvalue weighted by atomic mass is 10.3. The molecule has 0 spiro atoms. The highest BCUT2D eigenvalue weighted by Crippen LogP contribution is 2.34. The Balaban J connectivity index is 0.00000200. The van der Waals surface area contributed by atoms with Gasteiger partial charge in [-0.3, -0.25) is 4.99 Å². The van der Waals surface area contributed by atoms with Gasteiger partial charge in [-0.1, -0.05) is 6.92 Å². The van der Waals surface area contributed by atoms with Crippen molar-refractivity contribution in [2.75, 3.05) is 26.5 Å². The minimum Gasteiger partial charge on any atom is -0.492 e. The highest BCUT2D eigenvalue weighted by molar-refractivity contribution is 14.0. The number of aliphatic imine (C=N–C) groups is 1. The summed E-state index contributed by atoms with van der Waals surface area (Å²) < 4.78 is 16.1. The average Bonchev–Trinajstić information content (AvgIpc) is 2.88. The maximum absolute atomic E-state index is 5.66. The average molecular weight is 393 g/mol. The van der Waals surface area contributed by atoms with Crippen LogP contribution in [0.5, 0.6) is 17.2 Å². The Morgan fingerprint density at radius 2 is 2.20 bits per heavy atom. The highest BCUT2D eigenvalue weighted by Gasteiger charge is 2.13. The van der Waals surface area contributed by atoms with Gasteiger partial charge in [0.1, 0.15) is 12.4 Å². The fraction of sp³-hybridized carbons (Fsp3) is 0.462. The molecule has 7 heteroatoms. The zero-order chi connectivity index (χ0) is 13.5. The van der Waals surface area contributed by atoms with E-state index in [1.165, 1.54) is 0 Å². The molecule has 6 nitrogen and oxygen atoms in total. The second-order valence-electron chi connectivity index (χ2n) is 4.06. The second-order valence-corrected chi connectivity index (χ2v) is 4.06. The molecule has 0 fully saturated rings. The Hall–Kier alpha value is -1.38. The number of guanidine groups is 1. The van der Waals surface area contributed by atoms with Crippen molar-refractivity contribution in [3.05, 3.63) is 18.2 Å². The standard InChI is InChI=1S/C13H19N3O3.HI/c1-2-5-15-13(14)16-6-7-17-10-3-4-11-12(8-10)19-9-18-11;/h3-4,8H,2,5-7,9H2,1H3,(H3,14,15,16);1H. The van der Waals surface area contributed by atoms with Gasteiger partial charge < -0.3 is 25.3 Å². The van der Waals surface area contributed by atoms with E-state index in [-0.39, 0.29) is 30.8 Å². The number of rotatable bonds is 6. The molecule has 1 aliphatic rings. The number of halogens is 1. The van der Waals surface area contributed by atoms with Gasteiger partial charge in [0.25, 0.3) is 0 Å². The Morgan fingerprint density at radius 3 is 3.00 bits per heavy atom. The molecule has 0 unspecified atom stereocenters. The number of ether oxygens (including phenoxy) is 3. The van der Waals surface area contributed by atoms with Crippen LogP contribution < -0.4 is 25.3 Å². The largest absolute Gasteiger partial charge is 0.492 e. The van der Waals surface area contributed by atoms with Crippen molar-refractivity contribution < 1.29 is 14.2 Å². The first-order valence-corrected chi connectivity index (χ1v) is 6.36. The van der Waals surface area contributed by atoms with E-state index < -0.39 is 0 Å². The molecule has 0 aromatic heterocycles. The Kier molecular flexibility index (Phi) is 7.27. The van der Waals surface area contributed by atoms with Crippen LogP contribution in [0.25, 0.3) is 0 Å². The summed E-state index contributed by atoms with van der Waals surface area (Å²) in [6.07, 6.45) is 0.982. The molecule has 1 aromatic rings. The molecule has 1 aliphatic heterocycles. The predicted octanol–water partition coefficient (Wildman–Crippen LogP) is 1.73. The van der Waals surface area contributed by atoms with Crippen LogP contribution in [0.3, 0.4) is 0 Å². The van der Waals surface area contributed by atoms with Crippen molar-refractivity contribution in [2.45, 2.75) is 13.3 Å². The minimum atomic E-state index is 0. The van der Waals surface area contributed by atoms with Crippen LogP contribution in [0.4, 0.5) is 0 Å². The Morgan fingerprint density at radius 1 is 1.40 bits per heavy atom. The third kappa shape index (κ3) is 4.95. The van der Waals surface area contributed by atoms with Gasteiger partial charge in [-0.15, -0.1) is 24.0 Å². The molecule has 2 rings (SSSR count). The van der Waals surface area contributed by atoms with Gasteiger partial charge in [-0.05, 0) is 18.6 Å². The molecule has 0 radical (unpaired) electrons. The number of nitrogens with two attached hydrogens (primary N) is 1. The zero-order valence-electron chi connectivity index (χ0n) is 11.4. The smallest absolute Gasteiger partial charge is 0.231 e. The van der Waals surface area contributed by atoms with Gasteiger partial charge in [0.2, 0.25) is 6.79 Å². The third-order valence-electron chi connectivity index (χ3n) is 2.53. The van der Waals surface area contributed by atoms with Crippen LogP contribution in [-0.4, -0.2) is 32.4 Å². The van der Waals surface area contributed by atoms with Crippen LogP contribution in [0.15, 0.2) is 23.2 Å². The summed E-state index contributed by atoms with van der Waals surface area (Å²) in [5.74, 6) is 2.67. The predicted molar refractivity (Wildman–Crippen MR) is 88.3 cm³/mol. The molecule has 3 N–H and O–H groups in total. The van der Waals surface area contributed by atoms with E-state index in [2.05, 4.69) is 17.2 Å². The molecule has 1 heterocycles. The maximum atomic E-state index is 5.66. The quantitative estimate of drug-likeness (QED) is 0.333. The van der Waals surface area contributed by atoms with Crippen LogP contribution in [0, 0.1) is 0 Å². The summed E-state index contributed by atoms with van der Waals surface area (Å²) in [7, 11) is 0. The molecule has 0 atom stereocenters. The number of hydrogen-bond acceptors (Lipinski definition) is 4. The monoisotopic (exact) mass is 393 g/mol. The van der Waals surface area contributed by atoms with E-state index in [0.717, 1.165) is 30.2 Å². The van der Waals surface area contributed by atoms with Gasteiger partial charge in [0, 0.05) is 12.6 Å². The Bertz CT molecular complexity index is 454. The molecule has 20 heavy (non-hydrogen) atoms. The summed E-state index contributed by atoms with van der Waals surface area (Å²) in [5.41, 5.74) is 5.66. The first-order valence-electron chi connectivity index (χ1n) is 6.36. The molecule has 0 amide bonds. The molecule has 0 bridgehead atoms. The fourth-order valence-electron chi connectivity index (χ4n) is 1.60. The van der Waals surface area contributed by atoms with E-state index in [4.69, 9.17) is 19.9 Å². The van der Waals surface area contributed by atoms with Crippen LogP contribution >= 0.6 is 24.0 Å². The van der Waals surface area contributed by atoms with Gasteiger partial charge in [-0.2, -0.15) is 0 Å². The minimum absolute atomic E-state index is 0. The highest BCUT2D eigenvalue weighted by atomic mass is 127. The summed E-state index contributed by atoms with van der Waals surface area (Å²) in [6, 6.07) is 5.50. The molecular formula is C13H20IN3O3. The maximum Gasteiger partial charge on any atom is 0.231 e. The van der Waals surface area contributed by atoms with Crippen molar-refractivity contribution in [1.82, 2.24) is 5.32 Å². The number of nitrogens with zero attached hydrogens (tertiary/aromatic N) is 1. The molecule has 1 aromatic carbocycles. The number of fused-ring (bicyclic) bond motifs is 1. The van der Waals surface area contributed by atoms with Gasteiger partial charge in [-0.25, -0.2) is 0 Å². The lowest BCUT2D eigenvalue weighted by molar-refractivity contribution is 0.173. The second kappa shape index (κ2) is 8.72. The molecular weight excluding hydrogens is 373 g/mol. The number of nitrogens with one attached hydrogen (secondary N) is 1. The van der Waals surface area contributed by atoms with Crippen molar-refractivity contribution in [2.24, 2.45) is 10.7 Å². The normalized spacial score (nSPS) is 12.8. The van der Waals surface area contributed by atoms with Crippen molar-refractivity contribution >= 4 is 29.9 Å². The van der Waals surface area contributed by atoms with E-state index in [9.17, 15) is 0 Å². The summed E-state index contributed by atoms with van der Waals surface area (Å²) in [4.78, 5) is 4.13. The number of hydrogen-bond donors (Lipinski definition) is 2. The number of benzene rings is 1. The summed E-state index contributed by atoms with van der Waals surface area (Å²) in [6.45, 7) is 4.17. The third-order valence-corrected chi connectivity index (χ3v) is 2.53. The van der Waals surface area contributed by atoms with E-state index in [1.807, 2.05) is 18.2 Å². The first-order chi connectivity index (χ1) is 9.29. The van der Waals surface area contributed by atoms with Crippen molar-refractivity contribution in [3.63, 3.8) is 0 Å². The van der Waals surface area contributed by atoms with Crippen molar-refractivity contribution in [3.8, 4) is 17.2 Å². The van der Waals surface area contributed by atoms with Crippen LogP contribution in [-0.2, 0) is 0 Å². The summed E-state index contributed by atoms with van der Waals surface area (Å²) >= 11 is 0. The topological polar surface area (TPSA) is 78.1 Å². The molecule has 0 aliphatic carbocycles. The zero-order valence-corrected chi connectivity index (χ0v) is 13.8. The fourth-order valence-corrected chi connectivity index (χ4v) is 1.60. The molecule has 0 saturated heterocycles. The SMILES string of the molecule is CCCN=C(N)NCCOc1ccc2c(c1)OCO2.I. The van der Waals surface area contributed by atoms with Crippen molar-refractivity contribution in [1.29, 1.82) is 0 Å². The lowest BCUT2D eigenvalue weighted by Gasteiger charge is -2.08. The van der Waals surface area contributed by atoms with Crippen LogP contribution in [0.1, 0.15) is 13.3 Å². The molecule has 112 valence electrons. The van der Waals surface area contributed by atoms with Crippen LogP contribution in [0.2, 0.25) is 0 Å². The van der Waals surface area contributed by atoms with E-state index >= 15 is 0 Å². The first kappa shape index (κ1) is 16.7. The van der Waals surface area contributed by atoms with Gasteiger partial charge >= 0.3 is 0 Å². The molecule has 0 saturated carbocycles. The summed E-state index contributed by atoms with van der Waals surface area (Å²) in [5, 5.41) is 2.99. The van der Waals surface area contributed by atoms with E-state index in [1.54, 1.807) is 0 Å².